The predicted molar refractivity (Wildman–Crippen MR) is 151 cm³/mol. The fourth-order valence-electron chi connectivity index (χ4n) is 4.49. The molecular formula is C32H40N2O. The predicted octanol–water partition coefficient (Wildman–Crippen LogP) is 9.18. The van der Waals surface area contributed by atoms with Crippen molar-refractivity contribution in [2.24, 2.45) is 4.99 Å². The first-order valence-corrected chi connectivity index (χ1v) is 12.8. The van der Waals surface area contributed by atoms with Crippen LogP contribution in [0.15, 0.2) is 65.7 Å². The Labute approximate surface area is 211 Å². The van der Waals surface area contributed by atoms with E-state index < -0.39 is 0 Å². The van der Waals surface area contributed by atoms with E-state index in [1.165, 1.54) is 11.1 Å². The highest BCUT2D eigenvalue weighted by Crippen LogP contribution is 2.35. The largest absolute Gasteiger partial charge is 0.321 e. The molecule has 0 saturated carbocycles. The highest BCUT2D eigenvalue weighted by Gasteiger charge is 2.18. The van der Waals surface area contributed by atoms with E-state index in [1.807, 2.05) is 30.5 Å². The third-order valence-corrected chi connectivity index (χ3v) is 6.49. The van der Waals surface area contributed by atoms with Crippen LogP contribution in [-0.2, 0) is 0 Å². The molecule has 3 aromatic rings. The Hall–Kier alpha value is -3.20. The molecule has 0 aliphatic carbocycles. The molecule has 0 unspecified atom stereocenters. The second kappa shape index (κ2) is 11.5. The first-order chi connectivity index (χ1) is 16.6. The molecule has 3 aromatic carbocycles. The fraction of sp³-hybridized carbons (Fsp3) is 0.375. The molecule has 0 spiro atoms. The van der Waals surface area contributed by atoms with E-state index in [1.54, 1.807) is 0 Å². The second-order valence-electron chi connectivity index (χ2n) is 10.5. The summed E-state index contributed by atoms with van der Waals surface area (Å²) in [5.41, 5.74) is 8.14. The number of carbonyl (C=O) groups excluding carboxylic acids is 1. The number of benzene rings is 3. The Kier molecular flexibility index (Phi) is 8.67. The van der Waals surface area contributed by atoms with Crippen molar-refractivity contribution in [3.63, 3.8) is 0 Å². The van der Waals surface area contributed by atoms with Gasteiger partial charge in [-0.2, -0.15) is 0 Å². The summed E-state index contributed by atoms with van der Waals surface area (Å²) in [5.74, 6) is 1.23. The van der Waals surface area contributed by atoms with Gasteiger partial charge in [-0.25, -0.2) is 0 Å². The number of hydrogen-bond donors (Lipinski definition) is 1. The third-order valence-electron chi connectivity index (χ3n) is 6.49. The number of nitrogens with one attached hydrogen (secondary N) is 1. The summed E-state index contributed by atoms with van der Waals surface area (Å²) in [6.07, 6.45) is 1.85. The van der Waals surface area contributed by atoms with Gasteiger partial charge < -0.3 is 5.32 Å². The molecular weight excluding hydrogens is 428 g/mol. The van der Waals surface area contributed by atoms with Gasteiger partial charge in [-0.1, -0.05) is 110 Å². The van der Waals surface area contributed by atoms with Gasteiger partial charge in [0.2, 0.25) is 0 Å². The van der Waals surface area contributed by atoms with Gasteiger partial charge in [-0.3, -0.25) is 9.79 Å². The van der Waals surface area contributed by atoms with Crippen LogP contribution in [0.3, 0.4) is 0 Å². The summed E-state index contributed by atoms with van der Waals surface area (Å²) in [7, 11) is 0. The quantitative estimate of drug-likeness (QED) is 0.329. The van der Waals surface area contributed by atoms with Gasteiger partial charge >= 0.3 is 0 Å². The minimum absolute atomic E-state index is 0.108. The van der Waals surface area contributed by atoms with Crippen molar-refractivity contribution in [3.05, 3.63) is 94.0 Å². The molecule has 0 atom stereocenters. The molecule has 1 N–H and O–H groups in total. The lowest BCUT2D eigenvalue weighted by molar-refractivity contribution is 0.102. The summed E-state index contributed by atoms with van der Waals surface area (Å²) in [4.78, 5) is 18.5. The monoisotopic (exact) mass is 468 g/mol. The maximum absolute atomic E-state index is 13.6. The van der Waals surface area contributed by atoms with Crippen molar-refractivity contribution in [2.75, 3.05) is 5.32 Å². The Morgan fingerprint density at radius 2 is 1.11 bits per heavy atom. The van der Waals surface area contributed by atoms with Gasteiger partial charge in [-0.05, 0) is 52.0 Å². The van der Waals surface area contributed by atoms with E-state index in [9.17, 15) is 4.79 Å². The Morgan fingerprint density at radius 1 is 0.657 bits per heavy atom. The average Bonchev–Trinajstić information content (AvgIpc) is 2.82. The van der Waals surface area contributed by atoms with Gasteiger partial charge in [0.1, 0.15) is 0 Å². The van der Waals surface area contributed by atoms with Crippen molar-refractivity contribution in [2.45, 2.75) is 79.1 Å². The average molecular weight is 469 g/mol. The van der Waals surface area contributed by atoms with E-state index in [0.717, 1.165) is 28.1 Å². The standard InChI is InChI=1S/C32H40N2O/c1-20(2)25-15-11-16-26(21(3)4)30(25)33-19-24-13-9-10-14-29(24)32(35)34-31-27(22(5)6)17-12-18-28(31)23(7)8/h9-23H,1-8H3,(H,34,35). The van der Waals surface area contributed by atoms with E-state index in [0.29, 0.717) is 29.2 Å². The van der Waals surface area contributed by atoms with E-state index in [4.69, 9.17) is 4.99 Å². The highest BCUT2D eigenvalue weighted by molar-refractivity contribution is 6.10. The molecule has 0 aromatic heterocycles. The van der Waals surface area contributed by atoms with Crippen molar-refractivity contribution in [3.8, 4) is 0 Å². The van der Waals surface area contributed by atoms with Crippen LogP contribution in [0, 0.1) is 0 Å². The van der Waals surface area contributed by atoms with Crippen LogP contribution in [0.2, 0.25) is 0 Å². The summed E-state index contributed by atoms with van der Waals surface area (Å²) in [5, 5.41) is 3.26. The molecule has 0 fully saturated rings. The number of anilines is 1. The molecule has 0 bridgehead atoms. The SMILES string of the molecule is CC(C)c1cccc(C(C)C)c1N=Cc1ccccc1C(=O)Nc1c(C(C)C)cccc1C(C)C. The normalized spacial score (nSPS) is 11.9. The van der Waals surface area contributed by atoms with Gasteiger partial charge in [0, 0.05) is 23.0 Å². The minimum atomic E-state index is -0.108. The molecule has 0 heterocycles. The smallest absolute Gasteiger partial charge is 0.256 e. The zero-order chi connectivity index (χ0) is 25.7. The van der Waals surface area contributed by atoms with Crippen LogP contribution in [0.25, 0.3) is 0 Å². The lowest BCUT2D eigenvalue weighted by Gasteiger charge is -2.20. The third kappa shape index (κ3) is 6.08. The van der Waals surface area contributed by atoms with Crippen LogP contribution in [-0.4, -0.2) is 12.1 Å². The maximum Gasteiger partial charge on any atom is 0.256 e. The molecule has 184 valence electrons. The van der Waals surface area contributed by atoms with Crippen LogP contribution < -0.4 is 5.32 Å². The van der Waals surface area contributed by atoms with Crippen LogP contribution in [0.4, 0.5) is 11.4 Å². The summed E-state index contributed by atoms with van der Waals surface area (Å²) in [6, 6.07) is 20.4. The zero-order valence-corrected chi connectivity index (χ0v) is 22.5. The number of para-hydroxylation sites is 2. The highest BCUT2D eigenvalue weighted by atomic mass is 16.1. The Balaban J connectivity index is 2.03. The molecule has 3 nitrogen and oxygen atoms in total. The molecule has 1 amide bonds. The van der Waals surface area contributed by atoms with Crippen LogP contribution in [0.5, 0.6) is 0 Å². The molecule has 0 aliphatic rings. The number of rotatable bonds is 8. The maximum atomic E-state index is 13.6. The van der Waals surface area contributed by atoms with Crippen molar-refractivity contribution < 1.29 is 4.79 Å². The van der Waals surface area contributed by atoms with Gasteiger partial charge in [0.15, 0.2) is 0 Å². The lowest BCUT2D eigenvalue weighted by atomic mass is 9.92. The van der Waals surface area contributed by atoms with Crippen molar-refractivity contribution >= 4 is 23.5 Å². The van der Waals surface area contributed by atoms with E-state index >= 15 is 0 Å². The number of amides is 1. The van der Waals surface area contributed by atoms with Gasteiger partial charge in [0.05, 0.1) is 5.69 Å². The Morgan fingerprint density at radius 3 is 1.60 bits per heavy atom. The van der Waals surface area contributed by atoms with Crippen LogP contribution >= 0.6 is 0 Å². The Bertz CT molecular complexity index is 1150. The van der Waals surface area contributed by atoms with Gasteiger partial charge in [-0.15, -0.1) is 0 Å². The zero-order valence-electron chi connectivity index (χ0n) is 22.5. The first kappa shape index (κ1) is 26.4. The van der Waals surface area contributed by atoms with Crippen molar-refractivity contribution in [1.82, 2.24) is 0 Å². The lowest BCUT2D eigenvalue weighted by Crippen LogP contribution is -2.17. The summed E-state index contributed by atoms with van der Waals surface area (Å²) < 4.78 is 0. The molecule has 0 saturated heterocycles. The van der Waals surface area contributed by atoms with Crippen molar-refractivity contribution in [1.29, 1.82) is 0 Å². The first-order valence-electron chi connectivity index (χ1n) is 12.8. The number of carbonyl (C=O) groups is 1. The molecule has 0 aliphatic heterocycles. The van der Waals surface area contributed by atoms with E-state index in [2.05, 4.69) is 97.1 Å². The van der Waals surface area contributed by atoms with E-state index in [-0.39, 0.29) is 5.91 Å². The van der Waals surface area contributed by atoms with Gasteiger partial charge in [0.25, 0.3) is 5.91 Å². The number of aliphatic imine (C=N–C) groups is 1. The molecule has 0 radical (unpaired) electrons. The summed E-state index contributed by atoms with van der Waals surface area (Å²) in [6.45, 7) is 17.4. The number of nitrogens with zero attached hydrogens (tertiary/aromatic N) is 1. The fourth-order valence-corrected chi connectivity index (χ4v) is 4.49. The molecule has 3 rings (SSSR count). The minimum Gasteiger partial charge on any atom is -0.321 e. The summed E-state index contributed by atoms with van der Waals surface area (Å²) >= 11 is 0. The molecule has 35 heavy (non-hydrogen) atoms. The van der Waals surface area contributed by atoms with Crippen LogP contribution in [0.1, 0.15) is 117 Å². The topological polar surface area (TPSA) is 41.5 Å². The number of hydrogen-bond acceptors (Lipinski definition) is 2. The molecule has 3 heteroatoms. The second-order valence-corrected chi connectivity index (χ2v) is 10.5.